The average molecular weight is 392 g/mol. The van der Waals surface area contributed by atoms with Crippen molar-refractivity contribution in [3.05, 3.63) is 90.8 Å². The van der Waals surface area contributed by atoms with Gasteiger partial charge < -0.3 is 5.11 Å². The van der Waals surface area contributed by atoms with Gasteiger partial charge in [-0.15, -0.1) is 0 Å². The minimum Gasteiger partial charge on any atom is -0.507 e. The molecule has 0 radical (unpaired) electrons. The zero-order chi connectivity index (χ0) is 20.5. The van der Waals surface area contributed by atoms with Crippen molar-refractivity contribution in [3.8, 4) is 34.0 Å². The van der Waals surface area contributed by atoms with Gasteiger partial charge in [0, 0.05) is 28.9 Å². The van der Waals surface area contributed by atoms with Gasteiger partial charge in [-0.2, -0.15) is 5.10 Å². The molecular weight excluding hydrogens is 376 g/mol. The summed E-state index contributed by atoms with van der Waals surface area (Å²) >= 11 is 0. The minimum absolute atomic E-state index is 0.0577. The number of aldehydes is 1. The van der Waals surface area contributed by atoms with Crippen LogP contribution in [-0.4, -0.2) is 31.1 Å². The summed E-state index contributed by atoms with van der Waals surface area (Å²) in [5.41, 5.74) is 3.65. The zero-order valence-corrected chi connectivity index (χ0v) is 15.8. The first-order valence-corrected chi connectivity index (χ1v) is 9.39. The Morgan fingerprint density at radius 1 is 0.900 bits per heavy atom. The Bertz CT molecular complexity index is 1380. The highest BCUT2D eigenvalue weighted by molar-refractivity contribution is 5.88. The maximum atomic E-state index is 11.8. The van der Waals surface area contributed by atoms with Crippen molar-refractivity contribution < 1.29 is 9.90 Å². The van der Waals surface area contributed by atoms with Crippen molar-refractivity contribution in [2.24, 2.45) is 0 Å². The number of pyridine rings is 2. The van der Waals surface area contributed by atoms with Crippen LogP contribution < -0.4 is 0 Å². The van der Waals surface area contributed by atoms with E-state index < -0.39 is 0 Å². The number of carbonyl (C=O) groups excluding carboxylic acids is 1. The summed E-state index contributed by atoms with van der Waals surface area (Å²) in [6.07, 6.45) is 4.04. The molecule has 0 amide bonds. The van der Waals surface area contributed by atoms with Crippen LogP contribution in [0.25, 0.3) is 39.2 Å². The highest BCUT2D eigenvalue weighted by atomic mass is 16.3. The van der Waals surface area contributed by atoms with Crippen LogP contribution in [-0.2, 0) is 0 Å². The third kappa shape index (κ3) is 3.00. The standard InChI is InChI=1S/C24H16N4O2/c29-15-18-14-28(27-22(18)19-10-4-5-11-21(19)30)24-20(16-7-2-1-3-8-16)13-17-9-6-12-25-23(17)26-24/h1-15,30H. The first-order chi connectivity index (χ1) is 14.7. The van der Waals surface area contributed by atoms with Crippen molar-refractivity contribution in [2.75, 3.05) is 0 Å². The number of rotatable bonds is 4. The van der Waals surface area contributed by atoms with Crippen molar-refractivity contribution in [1.82, 2.24) is 19.7 Å². The molecule has 144 valence electrons. The van der Waals surface area contributed by atoms with Gasteiger partial charge in [0.2, 0.25) is 0 Å². The van der Waals surface area contributed by atoms with Gasteiger partial charge in [0.05, 0.1) is 5.56 Å². The van der Waals surface area contributed by atoms with E-state index in [1.54, 1.807) is 41.3 Å². The van der Waals surface area contributed by atoms with Gasteiger partial charge in [0.15, 0.2) is 17.8 Å². The van der Waals surface area contributed by atoms with Crippen LogP contribution in [0, 0.1) is 0 Å². The molecule has 3 heterocycles. The molecule has 0 bridgehead atoms. The third-order valence-corrected chi connectivity index (χ3v) is 4.90. The third-order valence-electron chi connectivity index (χ3n) is 4.90. The first-order valence-electron chi connectivity index (χ1n) is 9.39. The maximum absolute atomic E-state index is 11.8. The molecule has 0 saturated heterocycles. The Morgan fingerprint density at radius 3 is 2.50 bits per heavy atom. The molecular formula is C24H16N4O2. The Balaban J connectivity index is 1.77. The lowest BCUT2D eigenvalue weighted by atomic mass is 10.1. The lowest BCUT2D eigenvalue weighted by Gasteiger charge is -2.10. The van der Waals surface area contributed by atoms with Gasteiger partial charge in [0.1, 0.15) is 11.4 Å². The quantitative estimate of drug-likeness (QED) is 0.450. The van der Waals surface area contributed by atoms with Crippen molar-refractivity contribution in [1.29, 1.82) is 0 Å². The maximum Gasteiger partial charge on any atom is 0.163 e. The molecule has 0 atom stereocenters. The number of hydrogen-bond acceptors (Lipinski definition) is 5. The van der Waals surface area contributed by atoms with Crippen LogP contribution in [0.1, 0.15) is 10.4 Å². The predicted octanol–water partition coefficient (Wildman–Crippen LogP) is 4.67. The molecule has 2 aromatic carbocycles. The molecule has 0 fully saturated rings. The molecule has 0 aliphatic heterocycles. The molecule has 6 nitrogen and oxygen atoms in total. The lowest BCUT2D eigenvalue weighted by Crippen LogP contribution is -2.02. The van der Waals surface area contributed by atoms with E-state index in [1.165, 1.54) is 0 Å². The number of aromatic nitrogens is 4. The SMILES string of the molecule is O=Cc1cn(-c2nc3ncccc3cc2-c2ccccc2)nc1-c1ccccc1O. The topological polar surface area (TPSA) is 80.9 Å². The summed E-state index contributed by atoms with van der Waals surface area (Å²) in [5, 5.41) is 15.8. The van der Waals surface area contributed by atoms with E-state index in [0.717, 1.165) is 22.8 Å². The second-order valence-corrected chi connectivity index (χ2v) is 6.79. The van der Waals surface area contributed by atoms with E-state index in [9.17, 15) is 9.90 Å². The second kappa shape index (κ2) is 7.25. The number of benzene rings is 2. The van der Waals surface area contributed by atoms with Gasteiger partial charge >= 0.3 is 0 Å². The van der Waals surface area contributed by atoms with Crippen LogP contribution in [0.2, 0.25) is 0 Å². The number of aromatic hydroxyl groups is 1. The summed E-state index contributed by atoms with van der Waals surface area (Å²) in [6.45, 7) is 0. The molecule has 6 heteroatoms. The molecule has 5 rings (SSSR count). The van der Waals surface area contributed by atoms with Gasteiger partial charge in [-0.3, -0.25) is 4.79 Å². The number of fused-ring (bicyclic) bond motifs is 1. The summed E-state index contributed by atoms with van der Waals surface area (Å²) in [6, 6.07) is 22.5. The van der Waals surface area contributed by atoms with E-state index in [2.05, 4.69) is 10.1 Å². The Labute approximate surface area is 172 Å². The summed E-state index contributed by atoms with van der Waals surface area (Å²) in [7, 11) is 0. The highest BCUT2D eigenvalue weighted by Crippen LogP contribution is 2.32. The zero-order valence-electron chi connectivity index (χ0n) is 15.8. The number of para-hydroxylation sites is 1. The molecule has 1 N–H and O–H groups in total. The van der Waals surface area contributed by atoms with Gasteiger partial charge in [-0.25, -0.2) is 14.6 Å². The first kappa shape index (κ1) is 17.8. The summed E-state index contributed by atoms with van der Waals surface area (Å²) < 4.78 is 1.57. The van der Waals surface area contributed by atoms with Gasteiger partial charge in [0.25, 0.3) is 0 Å². The van der Waals surface area contributed by atoms with Crippen LogP contribution in [0.15, 0.2) is 85.2 Å². The Hall–Kier alpha value is -4.32. The van der Waals surface area contributed by atoms with E-state index in [-0.39, 0.29) is 5.75 Å². The molecule has 5 aromatic rings. The molecule has 0 aliphatic rings. The predicted molar refractivity (Wildman–Crippen MR) is 115 cm³/mol. The number of hydrogen-bond donors (Lipinski definition) is 1. The lowest BCUT2D eigenvalue weighted by molar-refractivity contribution is 0.112. The largest absolute Gasteiger partial charge is 0.507 e. The average Bonchev–Trinajstić information content (AvgIpc) is 3.23. The second-order valence-electron chi connectivity index (χ2n) is 6.79. The van der Waals surface area contributed by atoms with E-state index in [1.807, 2.05) is 48.5 Å². The van der Waals surface area contributed by atoms with Crippen molar-refractivity contribution >= 4 is 17.3 Å². The van der Waals surface area contributed by atoms with E-state index in [0.29, 0.717) is 28.3 Å². The molecule has 0 aliphatic carbocycles. The van der Waals surface area contributed by atoms with Gasteiger partial charge in [-0.05, 0) is 35.9 Å². The van der Waals surface area contributed by atoms with Crippen molar-refractivity contribution in [3.63, 3.8) is 0 Å². The highest BCUT2D eigenvalue weighted by Gasteiger charge is 2.18. The number of carbonyl (C=O) groups is 1. The van der Waals surface area contributed by atoms with Crippen LogP contribution in [0.3, 0.4) is 0 Å². The monoisotopic (exact) mass is 392 g/mol. The molecule has 0 spiro atoms. The fourth-order valence-corrected chi connectivity index (χ4v) is 3.47. The van der Waals surface area contributed by atoms with Crippen LogP contribution in [0.4, 0.5) is 0 Å². The number of phenolic OH excluding ortho intramolecular Hbond substituents is 1. The number of nitrogens with zero attached hydrogens (tertiary/aromatic N) is 4. The van der Waals surface area contributed by atoms with Crippen LogP contribution >= 0.6 is 0 Å². The van der Waals surface area contributed by atoms with Crippen molar-refractivity contribution in [2.45, 2.75) is 0 Å². The summed E-state index contributed by atoms with van der Waals surface area (Å²) in [5.74, 6) is 0.611. The smallest absolute Gasteiger partial charge is 0.163 e. The van der Waals surface area contributed by atoms with E-state index in [4.69, 9.17) is 4.98 Å². The Kier molecular flexibility index (Phi) is 4.29. The van der Waals surface area contributed by atoms with Gasteiger partial charge in [-0.1, -0.05) is 42.5 Å². The Morgan fingerprint density at radius 2 is 1.70 bits per heavy atom. The fraction of sp³-hybridized carbons (Fsp3) is 0. The molecule has 3 aromatic heterocycles. The number of phenols is 1. The molecule has 30 heavy (non-hydrogen) atoms. The fourth-order valence-electron chi connectivity index (χ4n) is 3.47. The normalized spacial score (nSPS) is 10.9. The van der Waals surface area contributed by atoms with E-state index >= 15 is 0 Å². The minimum atomic E-state index is 0.0577. The summed E-state index contributed by atoms with van der Waals surface area (Å²) in [4.78, 5) is 20.9. The molecule has 0 saturated carbocycles. The molecule has 0 unspecified atom stereocenters. The van der Waals surface area contributed by atoms with Crippen LogP contribution in [0.5, 0.6) is 5.75 Å².